The Balaban J connectivity index is 1.62. The molecule has 194 valence electrons. The van der Waals surface area contributed by atoms with Crippen LogP contribution in [0.2, 0.25) is 0 Å². The average molecular weight is 530 g/mol. The minimum atomic E-state index is -0.170. The van der Waals surface area contributed by atoms with E-state index in [0.29, 0.717) is 16.7 Å². The molecule has 7 rings (SSSR count). The minimum absolute atomic E-state index is 0.170. The lowest BCUT2D eigenvalue weighted by Crippen LogP contribution is -2.18. The third-order valence-corrected chi connectivity index (χ3v) is 7.48. The monoisotopic (exact) mass is 529 g/mol. The van der Waals surface area contributed by atoms with Crippen LogP contribution in [0.4, 0.5) is 5.69 Å². The molecule has 0 aromatic heterocycles. The van der Waals surface area contributed by atoms with E-state index >= 15 is 0 Å². The van der Waals surface area contributed by atoms with E-state index in [1.165, 1.54) is 0 Å². The predicted molar refractivity (Wildman–Crippen MR) is 164 cm³/mol. The first-order valence-corrected chi connectivity index (χ1v) is 13.6. The summed E-state index contributed by atoms with van der Waals surface area (Å²) in [6.45, 7) is 0. The molecule has 1 amide bonds. The van der Waals surface area contributed by atoms with Gasteiger partial charge in [-0.3, -0.25) is 9.36 Å². The largest absolute Gasteiger partial charge is 0.427 e. The van der Waals surface area contributed by atoms with E-state index in [1.807, 2.05) is 152 Å². The summed E-state index contributed by atoms with van der Waals surface area (Å²) in [4.78, 5) is 29.2. The lowest BCUT2D eigenvalue weighted by molar-refractivity contribution is -0.356. The number of rotatable bonds is 4. The van der Waals surface area contributed by atoms with Crippen molar-refractivity contribution in [3.8, 4) is 16.9 Å². The second-order valence-electron chi connectivity index (χ2n) is 9.86. The van der Waals surface area contributed by atoms with Gasteiger partial charge in [-0.05, 0) is 29.8 Å². The van der Waals surface area contributed by atoms with Crippen molar-refractivity contribution in [3.05, 3.63) is 184 Å². The highest BCUT2D eigenvalue weighted by atomic mass is 16.2. The quantitative estimate of drug-likeness (QED) is 0.184. The molecule has 4 nitrogen and oxygen atoms in total. The van der Waals surface area contributed by atoms with Crippen LogP contribution in [-0.2, 0) is 4.79 Å². The first kappa shape index (κ1) is 24.4. The van der Waals surface area contributed by atoms with E-state index < -0.39 is 0 Å². The molecule has 0 spiro atoms. The van der Waals surface area contributed by atoms with Crippen molar-refractivity contribution in [1.29, 1.82) is 0 Å². The van der Waals surface area contributed by atoms with Gasteiger partial charge in [-0.25, -0.2) is 4.79 Å². The number of carbonyl (C=O) groups is 1. The van der Waals surface area contributed by atoms with Crippen molar-refractivity contribution in [3.63, 3.8) is 0 Å². The highest BCUT2D eigenvalue weighted by Gasteiger charge is 2.45. The van der Waals surface area contributed by atoms with E-state index in [4.69, 9.17) is 0 Å². The Morgan fingerprint density at radius 2 is 1.27 bits per heavy atom. The molecular formula is C37H25N2O2+. The molecule has 0 fully saturated rings. The Hall–Kier alpha value is -5.61. The van der Waals surface area contributed by atoms with Gasteiger partial charge in [-0.1, -0.05) is 109 Å². The van der Waals surface area contributed by atoms with Gasteiger partial charge < -0.3 is 0 Å². The Bertz CT molecular complexity index is 1990. The molecule has 0 bridgehead atoms. The maximum absolute atomic E-state index is 14.6. The number of allylic oxidation sites excluding steroid dienone is 5. The van der Waals surface area contributed by atoms with E-state index in [0.717, 1.165) is 39.5 Å². The molecule has 4 aliphatic rings. The maximum Gasteiger partial charge on any atom is 0.427 e. The van der Waals surface area contributed by atoms with Crippen LogP contribution in [0.25, 0.3) is 22.5 Å². The smallest absolute Gasteiger partial charge is 0.276 e. The van der Waals surface area contributed by atoms with Crippen molar-refractivity contribution in [2.75, 3.05) is 0 Å². The highest BCUT2D eigenvalue weighted by molar-refractivity contribution is 6.26. The number of fused-ring (bicyclic) bond motifs is 2. The van der Waals surface area contributed by atoms with Crippen molar-refractivity contribution in [1.82, 2.24) is 4.57 Å². The Morgan fingerprint density at radius 3 is 2.00 bits per heavy atom. The van der Waals surface area contributed by atoms with Gasteiger partial charge >= 0.3 is 5.91 Å². The van der Waals surface area contributed by atoms with Crippen molar-refractivity contribution in [2.24, 2.45) is 0 Å². The van der Waals surface area contributed by atoms with Crippen LogP contribution in [-0.4, -0.2) is 20.8 Å². The van der Waals surface area contributed by atoms with E-state index in [2.05, 4.69) is 0 Å². The summed E-state index contributed by atoms with van der Waals surface area (Å²) < 4.78 is 3.49. The summed E-state index contributed by atoms with van der Waals surface area (Å²) in [5.41, 5.74) is 6.92. The zero-order valence-electron chi connectivity index (χ0n) is 22.1. The minimum Gasteiger partial charge on any atom is -0.276 e. The van der Waals surface area contributed by atoms with Gasteiger partial charge in [0.05, 0.1) is 16.8 Å². The lowest BCUT2D eigenvalue weighted by atomic mass is 9.87. The number of para-hydroxylation sites is 2. The summed E-state index contributed by atoms with van der Waals surface area (Å²) in [6.07, 6.45) is 9.75. The van der Waals surface area contributed by atoms with Crippen LogP contribution < -0.4 is 5.56 Å². The molecule has 2 aliphatic heterocycles. The summed E-state index contributed by atoms with van der Waals surface area (Å²) in [5.74, 6) is -0.170. The average Bonchev–Trinajstić information content (AvgIpc) is 3.21. The number of carbonyl (C=O) groups excluding carboxylic acids is 1. The van der Waals surface area contributed by atoms with Gasteiger partial charge in [-0.15, -0.1) is 4.58 Å². The maximum atomic E-state index is 14.6. The molecule has 0 atom stereocenters. The molecule has 2 heterocycles. The zero-order chi connectivity index (χ0) is 27.8. The van der Waals surface area contributed by atoms with Crippen LogP contribution in [0.15, 0.2) is 168 Å². The first-order valence-electron chi connectivity index (χ1n) is 13.6. The molecule has 3 aromatic carbocycles. The van der Waals surface area contributed by atoms with Crippen molar-refractivity contribution in [2.45, 2.75) is 0 Å². The predicted octanol–water partition coefficient (Wildman–Crippen LogP) is 7.12. The van der Waals surface area contributed by atoms with Gasteiger partial charge in [0, 0.05) is 35.0 Å². The third-order valence-electron chi connectivity index (χ3n) is 7.48. The second-order valence-corrected chi connectivity index (χ2v) is 9.86. The van der Waals surface area contributed by atoms with Crippen LogP contribution in [0.1, 0.15) is 11.1 Å². The molecule has 41 heavy (non-hydrogen) atoms. The van der Waals surface area contributed by atoms with Gasteiger partial charge in [0.25, 0.3) is 5.56 Å². The van der Waals surface area contributed by atoms with E-state index in [-0.39, 0.29) is 11.5 Å². The van der Waals surface area contributed by atoms with Gasteiger partial charge in [0.1, 0.15) is 5.57 Å². The van der Waals surface area contributed by atoms with Crippen LogP contribution >= 0.6 is 0 Å². The Labute approximate surface area is 237 Å². The summed E-state index contributed by atoms with van der Waals surface area (Å²) in [6, 6.07) is 38.8. The first-order chi connectivity index (χ1) is 20.2. The van der Waals surface area contributed by atoms with Crippen molar-refractivity contribution < 1.29 is 9.37 Å². The Morgan fingerprint density at radius 1 is 0.634 bits per heavy atom. The fraction of sp³-hybridized carbons (Fsp3) is 0. The normalized spacial score (nSPS) is 15.6. The molecule has 0 saturated carbocycles. The molecule has 2 aliphatic carbocycles. The van der Waals surface area contributed by atoms with Gasteiger partial charge in [0.15, 0.2) is 0 Å². The van der Waals surface area contributed by atoms with Crippen molar-refractivity contribution >= 4 is 22.9 Å². The highest BCUT2D eigenvalue weighted by Crippen LogP contribution is 2.41. The van der Waals surface area contributed by atoms with Gasteiger partial charge in [-0.2, -0.15) is 0 Å². The van der Waals surface area contributed by atoms with Crippen LogP contribution in [0.3, 0.4) is 0 Å². The van der Waals surface area contributed by atoms with Gasteiger partial charge in [0.2, 0.25) is 11.4 Å². The number of nitrogens with zero attached hydrogens (tertiary/aromatic N) is 2. The fourth-order valence-corrected chi connectivity index (χ4v) is 5.73. The molecule has 0 N–H and O–H groups in total. The molecule has 0 radical (unpaired) electrons. The molecule has 3 aromatic rings. The number of hydrogen-bond acceptors (Lipinski definition) is 2. The lowest BCUT2D eigenvalue weighted by Gasteiger charge is -2.10. The number of hydrogen-bond donors (Lipinski definition) is 0. The van der Waals surface area contributed by atoms with E-state index in [9.17, 15) is 9.59 Å². The molecule has 0 unspecified atom stereocenters. The summed E-state index contributed by atoms with van der Waals surface area (Å²) in [7, 11) is 0. The Kier molecular flexibility index (Phi) is 6.06. The number of amides is 1. The SMILES string of the molecule is O=C1/C(=C(\c2ccccc2)c2c3cccccc-3n(-c3ccccc3)c2=O)C2=CC=CC=CC2=[N+]1c1ccccc1. The number of benzene rings is 3. The van der Waals surface area contributed by atoms with E-state index in [1.54, 1.807) is 9.14 Å². The zero-order valence-corrected chi connectivity index (χ0v) is 22.1. The molecule has 4 heteroatoms. The molecule has 0 saturated heterocycles. The second kappa shape index (κ2) is 10.2. The molecular weight excluding hydrogens is 504 g/mol. The summed E-state index contributed by atoms with van der Waals surface area (Å²) >= 11 is 0. The number of aromatic nitrogens is 1. The topological polar surface area (TPSA) is 42.1 Å². The third kappa shape index (κ3) is 4.05. The fourth-order valence-electron chi connectivity index (χ4n) is 5.73. The summed E-state index contributed by atoms with van der Waals surface area (Å²) in [5, 5.41) is 0. The van der Waals surface area contributed by atoms with Crippen LogP contribution in [0.5, 0.6) is 0 Å². The standard InChI is InChI=1S/C37H25N2O2/c40-36-34(29-22-12-4-14-24-31(29)38(36)27-18-8-2-9-19-27)33(26-16-6-1-7-17-26)35-30-23-13-5-15-25-32(30)39(37(35)41)28-20-10-3-11-21-28/h1-25H/q+1. The van der Waals surface area contributed by atoms with Crippen LogP contribution in [0, 0.1) is 0 Å².